The molecule has 0 aliphatic heterocycles. The van der Waals surface area contributed by atoms with Crippen LogP contribution >= 0.6 is 0 Å². The molecule has 0 saturated heterocycles. The highest BCUT2D eigenvalue weighted by atomic mass is 16.1. The molecule has 2 aromatic rings. The molecular weight excluding hydrogens is 430 g/mol. The van der Waals surface area contributed by atoms with E-state index in [2.05, 4.69) is 92.0 Å². The summed E-state index contributed by atoms with van der Waals surface area (Å²) in [6.07, 6.45) is 15.4. The van der Waals surface area contributed by atoms with Crippen molar-refractivity contribution in [3.8, 4) is 0 Å². The molecule has 0 spiro atoms. The molecule has 1 aromatic heterocycles. The number of amides is 1. The molecule has 0 aliphatic rings. The van der Waals surface area contributed by atoms with E-state index in [0.29, 0.717) is 6.42 Å². The molecule has 0 aliphatic carbocycles. The van der Waals surface area contributed by atoms with Crippen molar-refractivity contribution in [3.05, 3.63) is 59.3 Å². The zero-order valence-corrected chi connectivity index (χ0v) is 23.0. The summed E-state index contributed by atoms with van der Waals surface area (Å²) in [4.78, 5) is 15.3. The first-order chi connectivity index (χ1) is 16.9. The number of carbonyl (C=O) groups excluding carboxylic acids is 1. The van der Waals surface area contributed by atoms with Crippen LogP contribution in [-0.2, 0) is 17.8 Å². The maximum absolute atomic E-state index is 12.7. The highest BCUT2D eigenvalue weighted by molar-refractivity contribution is 5.89. The standard InChI is InChI=1S/C31H49N3O/c1-6-8-20-33(21-9-7-2)22-13-19-32-31(35)24-28-25-34(30-17-11-10-16-29(28)30)23-18-27(5)15-12-14-26(3)4/h10-11,14,16-18,25H,6-9,12-13,15,19-24H2,1-5H3,(H,32,35)/b27-18+. The van der Waals surface area contributed by atoms with E-state index < -0.39 is 0 Å². The number of allylic oxidation sites excluding steroid dienone is 4. The number of hydrogen-bond donors (Lipinski definition) is 1. The fourth-order valence-corrected chi connectivity index (χ4v) is 4.42. The van der Waals surface area contributed by atoms with Crippen LogP contribution in [0.3, 0.4) is 0 Å². The summed E-state index contributed by atoms with van der Waals surface area (Å²) < 4.78 is 2.28. The van der Waals surface area contributed by atoms with Gasteiger partial charge in [0.2, 0.25) is 5.91 Å². The number of benzene rings is 1. The minimum Gasteiger partial charge on any atom is -0.356 e. The fourth-order valence-electron chi connectivity index (χ4n) is 4.42. The SMILES string of the molecule is CCCCN(CCCC)CCCNC(=O)Cc1cn(C/C=C(\C)CCC=C(C)C)c2ccccc12. The third-order valence-electron chi connectivity index (χ3n) is 6.58. The van der Waals surface area contributed by atoms with E-state index in [1.165, 1.54) is 60.8 Å². The van der Waals surface area contributed by atoms with E-state index >= 15 is 0 Å². The summed E-state index contributed by atoms with van der Waals surface area (Å²) in [7, 11) is 0. The van der Waals surface area contributed by atoms with Crippen LogP contribution < -0.4 is 5.32 Å². The highest BCUT2D eigenvalue weighted by Gasteiger charge is 2.12. The summed E-state index contributed by atoms with van der Waals surface area (Å²) in [6.45, 7) is 16.0. The zero-order chi connectivity index (χ0) is 25.5. The lowest BCUT2D eigenvalue weighted by molar-refractivity contribution is -0.120. The lowest BCUT2D eigenvalue weighted by Crippen LogP contribution is -2.31. The van der Waals surface area contributed by atoms with Gasteiger partial charge in [0.15, 0.2) is 0 Å². The molecule has 35 heavy (non-hydrogen) atoms. The van der Waals surface area contributed by atoms with E-state index in [9.17, 15) is 4.79 Å². The molecule has 1 aromatic carbocycles. The van der Waals surface area contributed by atoms with Gasteiger partial charge in [-0.15, -0.1) is 0 Å². The Hall–Kier alpha value is -2.33. The average molecular weight is 480 g/mol. The fraction of sp³-hybridized carbons (Fsp3) is 0.581. The number of para-hydroxylation sites is 1. The van der Waals surface area contributed by atoms with Gasteiger partial charge in [0.1, 0.15) is 0 Å². The summed E-state index contributed by atoms with van der Waals surface area (Å²) >= 11 is 0. The molecule has 194 valence electrons. The van der Waals surface area contributed by atoms with Crippen molar-refractivity contribution in [2.75, 3.05) is 26.2 Å². The largest absolute Gasteiger partial charge is 0.356 e. The van der Waals surface area contributed by atoms with Crippen LogP contribution in [0.4, 0.5) is 0 Å². The number of unbranched alkanes of at least 4 members (excludes halogenated alkanes) is 2. The number of carbonyl (C=O) groups is 1. The van der Waals surface area contributed by atoms with E-state index in [1.54, 1.807) is 0 Å². The number of rotatable bonds is 17. The minimum atomic E-state index is 0.120. The molecule has 1 heterocycles. The van der Waals surface area contributed by atoms with Crippen LogP contribution in [0.25, 0.3) is 10.9 Å². The smallest absolute Gasteiger partial charge is 0.224 e. The summed E-state index contributed by atoms with van der Waals surface area (Å²) in [5.41, 5.74) is 5.10. The number of hydrogen-bond acceptors (Lipinski definition) is 2. The Morgan fingerprint density at radius 3 is 2.34 bits per heavy atom. The number of nitrogens with one attached hydrogen (secondary N) is 1. The molecule has 0 bridgehead atoms. The Morgan fingerprint density at radius 2 is 1.66 bits per heavy atom. The molecule has 2 rings (SSSR count). The van der Waals surface area contributed by atoms with Gasteiger partial charge in [0.25, 0.3) is 0 Å². The molecule has 4 heteroatoms. The topological polar surface area (TPSA) is 37.3 Å². The lowest BCUT2D eigenvalue weighted by Gasteiger charge is -2.21. The van der Waals surface area contributed by atoms with Gasteiger partial charge < -0.3 is 14.8 Å². The van der Waals surface area contributed by atoms with Crippen LogP contribution in [0.1, 0.15) is 85.1 Å². The summed E-state index contributed by atoms with van der Waals surface area (Å²) in [5, 5.41) is 4.35. The molecule has 0 fully saturated rings. The van der Waals surface area contributed by atoms with Gasteiger partial charge in [-0.25, -0.2) is 0 Å². The predicted octanol–water partition coefficient (Wildman–Crippen LogP) is 7.29. The van der Waals surface area contributed by atoms with E-state index in [1.807, 2.05) is 0 Å². The van der Waals surface area contributed by atoms with Crippen LogP contribution in [0.5, 0.6) is 0 Å². The molecule has 0 radical (unpaired) electrons. The normalized spacial score (nSPS) is 11.9. The summed E-state index contributed by atoms with van der Waals surface area (Å²) in [5.74, 6) is 0.120. The van der Waals surface area contributed by atoms with Gasteiger partial charge in [-0.3, -0.25) is 4.79 Å². The Kier molecular flexibility index (Phi) is 13.5. The number of fused-ring (bicyclic) bond motifs is 1. The monoisotopic (exact) mass is 479 g/mol. The second-order valence-electron chi connectivity index (χ2n) is 10.1. The van der Waals surface area contributed by atoms with Gasteiger partial charge in [-0.1, -0.05) is 68.2 Å². The van der Waals surface area contributed by atoms with Gasteiger partial charge >= 0.3 is 0 Å². The lowest BCUT2D eigenvalue weighted by atomic mass is 10.1. The molecule has 0 saturated carbocycles. The van der Waals surface area contributed by atoms with Crippen molar-refractivity contribution in [2.45, 2.75) is 92.5 Å². The average Bonchev–Trinajstić information content (AvgIpc) is 3.18. The number of aromatic nitrogens is 1. The van der Waals surface area contributed by atoms with Crippen molar-refractivity contribution < 1.29 is 4.79 Å². The Bertz CT molecular complexity index is 941. The molecule has 1 amide bonds. The molecule has 4 nitrogen and oxygen atoms in total. The highest BCUT2D eigenvalue weighted by Crippen LogP contribution is 2.22. The Labute approximate surface area is 214 Å². The molecular formula is C31H49N3O. The Morgan fingerprint density at radius 1 is 0.971 bits per heavy atom. The van der Waals surface area contributed by atoms with Crippen LogP contribution in [-0.4, -0.2) is 41.6 Å². The van der Waals surface area contributed by atoms with Crippen molar-refractivity contribution in [1.82, 2.24) is 14.8 Å². The summed E-state index contributed by atoms with van der Waals surface area (Å²) in [6, 6.07) is 8.44. The van der Waals surface area contributed by atoms with Gasteiger partial charge in [-0.2, -0.15) is 0 Å². The first kappa shape index (κ1) is 28.9. The van der Waals surface area contributed by atoms with Crippen molar-refractivity contribution in [1.29, 1.82) is 0 Å². The maximum atomic E-state index is 12.7. The second kappa shape index (κ2) is 16.4. The predicted molar refractivity (Wildman–Crippen MR) is 152 cm³/mol. The zero-order valence-electron chi connectivity index (χ0n) is 23.0. The van der Waals surface area contributed by atoms with Crippen LogP contribution in [0.2, 0.25) is 0 Å². The minimum absolute atomic E-state index is 0.120. The first-order valence-electron chi connectivity index (χ1n) is 13.8. The Balaban J connectivity index is 1.90. The van der Waals surface area contributed by atoms with Crippen molar-refractivity contribution >= 4 is 16.8 Å². The third-order valence-corrected chi connectivity index (χ3v) is 6.58. The molecule has 0 atom stereocenters. The maximum Gasteiger partial charge on any atom is 0.224 e. The van der Waals surface area contributed by atoms with E-state index in [-0.39, 0.29) is 5.91 Å². The van der Waals surface area contributed by atoms with Gasteiger partial charge in [-0.05, 0) is 84.1 Å². The molecule has 0 unspecified atom stereocenters. The first-order valence-corrected chi connectivity index (χ1v) is 13.8. The van der Waals surface area contributed by atoms with Crippen LogP contribution in [0, 0.1) is 0 Å². The molecule has 1 N–H and O–H groups in total. The van der Waals surface area contributed by atoms with Crippen LogP contribution in [0.15, 0.2) is 53.8 Å². The number of nitrogens with zero attached hydrogens (tertiary/aromatic N) is 2. The van der Waals surface area contributed by atoms with Crippen molar-refractivity contribution in [2.24, 2.45) is 0 Å². The quantitative estimate of drug-likeness (QED) is 0.191. The van der Waals surface area contributed by atoms with Gasteiger partial charge in [0, 0.05) is 30.2 Å². The van der Waals surface area contributed by atoms with Crippen molar-refractivity contribution in [3.63, 3.8) is 0 Å². The van der Waals surface area contributed by atoms with Gasteiger partial charge in [0.05, 0.1) is 6.42 Å². The van der Waals surface area contributed by atoms with E-state index in [4.69, 9.17) is 0 Å². The second-order valence-corrected chi connectivity index (χ2v) is 10.1. The van der Waals surface area contributed by atoms with E-state index in [0.717, 1.165) is 44.5 Å². The third kappa shape index (κ3) is 10.9.